The molecule has 0 amide bonds. The van der Waals surface area contributed by atoms with Gasteiger partial charge in [0.15, 0.2) is 11.5 Å². The van der Waals surface area contributed by atoms with Gasteiger partial charge in [-0.3, -0.25) is 5.84 Å². The smallest absolute Gasteiger partial charge is 0.161 e. The zero-order valence-corrected chi connectivity index (χ0v) is 11.4. The first-order chi connectivity index (χ1) is 8.19. The van der Waals surface area contributed by atoms with Gasteiger partial charge in [-0.25, -0.2) is 5.01 Å². The first-order valence-corrected chi connectivity index (χ1v) is 5.55. The van der Waals surface area contributed by atoms with Crippen LogP contribution in [0, 0.1) is 0 Å². The summed E-state index contributed by atoms with van der Waals surface area (Å²) in [7, 11) is 3.23. The lowest BCUT2D eigenvalue weighted by molar-refractivity contribution is 0.107. The van der Waals surface area contributed by atoms with E-state index in [9.17, 15) is 5.11 Å². The molecule has 2 rings (SSSR count). The zero-order valence-electron chi connectivity index (χ0n) is 10.5. The van der Waals surface area contributed by atoms with Crippen molar-refractivity contribution in [1.82, 2.24) is 5.01 Å². The summed E-state index contributed by atoms with van der Waals surface area (Å²) in [5, 5.41) is 10.9. The highest BCUT2D eigenvalue weighted by Crippen LogP contribution is 2.33. The number of fused-ring (bicyclic) bond motifs is 1. The van der Waals surface area contributed by atoms with Crippen LogP contribution in [0.1, 0.15) is 11.1 Å². The summed E-state index contributed by atoms with van der Waals surface area (Å²) in [6.45, 7) is 0.672. The fraction of sp³-hybridized carbons (Fsp3) is 0.500. The van der Waals surface area contributed by atoms with Crippen molar-refractivity contribution in [3.05, 3.63) is 23.3 Å². The number of benzene rings is 1. The van der Waals surface area contributed by atoms with Crippen LogP contribution in [-0.2, 0) is 13.0 Å². The number of hydrogen-bond donors (Lipinski definition) is 2. The second kappa shape index (κ2) is 6.24. The largest absolute Gasteiger partial charge is 0.493 e. The van der Waals surface area contributed by atoms with Crippen LogP contribution in [0.25, 0.3) is 0 Å². The highest BCUT2D eigenvalue weighted by molar-refractivity contribution is 5.85. The lowest BCUT2D eigenvalue weighted by atomic mass is 9.95. The molecule has 1 aliphatic rings. The van der Waals surface area contributed by atoms with Crippen molar-refractivity contribution in [2.75, 3.05) is 20.8 Å². The first-order valence-electron chi connectivity index (χ1n) is 5.55. The molecule has 0 bridgehead atoms. The number of hydrazine groups is 1. The minimum Gasteiger partial charge on any atom is -0.493 e. The molecule has 1 unspecified atom stereocenters. The Morgan fingerprint density at radius 1 is 1.28 bits per heavy atom. The average Bonchev–Trinajstić information content (AvgIpc) is 2.36. The number of hydrogen-bond acceptors (Lipinski definition) is 5. The van der Waals surface area contributed by atoms with Crippen molar-refractivity contribution in [3.63, 3.8) is 0 Å². The number of nitrogens with zero attached hydrogens (tertiary/aromatic N) is 1. The molecule has 0 radical (unpaired) electrons. The Balaban J connectivity index is 0.00000162. The van der Waals surface area contributed by atoms with E-state index in [-0.39, 0.29) is 25.1 Å². The Hall–Kier alpha value is -1.01. The molecule has 0 aliphatic carbocycles. The van der Waals surface area contributed by atoms with Crippen molar-refractivity contribution in [2.45, 2.75) is 19.0 Å². The van der Waals surface area contributed by atoms with Crippen LogP contribution in [0.4, 0.5) is 0 Å². The summed E-state index contributed by atoms with van der Waals surface area (Å²) in [6, 6.07) is 3.88. The van der Waals surface area contributed by atoms with E-state index in [0.717, 1.165) is 17.5 Å². The number of aliphatic hydroxyl groups is 1. The van der Waals surface area contributed by atoms with Gasteiger partial charge in [0.25, 0.3) is 0 Å². The summed E-state index contributed by atoms with van der Waals surface area (Å²) in [6.07, 6.45) is 0.725. The van der Waals surface area contributed by atoms with E-state index < -0.39 is 0 Å². The van der Waals surface area contributed by atoms with Gasteiger partial charge in [-0.05, 0) is 29.7 Å². The van der Waals surface area contributed by atoms with Gasteiger partial charge < -0.3 is 14.6 Å². The van der Waals surface area contributed by atoms with E-state index in [1.807, 2.05) is 12.1 Å². The fourth-order valence-corrected chi connectivity index (χ4v) is 2.17. The lowest BCUT2D eigenvalue weighted by Crippen LogP contribution is -2.47. The number of rotatable bonds is 3. The summed E-state index contributed by atoms with van der Waals surface area (Å²) in [4.78, 5) is 0. The second-order valence-corrected chi connectivity index (χ2v) is 4.19. The molecule has 0 fully saturated rings. The van der Waals surface area contributed by atoms with Gasteiger partial charge in [0.1, 0.15) is 0 Å². The van der Waals surface area contributed by atoms with E-state index in [1.54, 1.807) is 19.2 Å². The number of ether oxygens (including phenoxy) is 2. The number of halogens is 1. The predicted molar refractivity (Wildman–Crippen MR) is 71.1 cm³/mol. The van der Waals surface area contributed by atoms with E-state index in [4.69, 9.17) is 15.3 Å². The molecule has 3 N–H and O–H groups in total. The van der Waals surface area contributed by atoms with Gasteiger partial charge in [-0.15, -0.1) is 12.4 Å². The maximum atomic E-state index is 9.24. The Morgan fingerprint density at radius 3 is 2.33 bits per heavy atom. The maximum Gasteiger partial charge on any atom is 0.161 e. The molecule has 0 saturated heterocycles. The van der Waals surface area contributed by atoms with Crippen LogP contribution in [0.15, 0.2) is 12.1 Å². The molecule has 1 aliphatic heterocycles. The third-order valence-corrected chi connectivity index (χ3v) is 3.19. The van der Waals surface area contributed by atoms with Crippen molar-refractivity contribution < 1.29 is 14.6 Å². The van der Waals surface area contributed by atoms with Crippen LogP contribution < -0.4 is 15.3 Å². The van der Waals surface area contributed by atoms with Crippen LogP contribution in [0.2, 0.25) is 0 Å². The Morgan fingerprint density at radius 2 is 1.83 bits per heavy atom. The van der Waals surface area contributed by atoms with Crippen LogP contribution in [-0.4, -0.2) is 37.0 Å². The Bertz CT molecular complexity index is 415. The van der Waals surface area contributed by atoms with Crippen LogP contribution >= 0.6 is 12.4 Å². The molecule has 6 heteroatoms. The highest BCUT2D eigenvalue weighted by Gasteiger charge is 2.25. The molecule has 18 heavy (non-hydrogen) atoms. The first kappa shape index (κ1) is 15.0. The van der Waals surface area contributed by atoms with Gasteiger partial charge in [0, 0.05) is 6.54 Å². The quantitative estimate of drug-likeness (QED) is 0.795. The van der Waals surface area contributed by atoms with Gasteiger partial charge in [0.05, 0.1) is 26.9 Å². The van der Waals surface area contributed by atoms with Crippen molar-refractivity contribution in [1.29, 1.82) is 0 Å². The molecule has 102 valence electrons. The van der Waals surface area contributed by atoms with Crippen molar-refractivity contribution in [2.24, 2.45) is 5.84 Å². The van der Waals surface area contributed by atoms with Crippen LogP contribution in [0.5, 0.6) is 11.5 Å². The third-order valence-electron chi connectivity index (χ3n) is 3.19. The van der Waals surface area contributed by atoms with E-state index >= 15 is 0 Å². The lowest BCUT2D eigenvalue weighted by Gasteiger charge is -2.32. The molecular formula is C12H19ClN2O3. The molecule has 1 aromatic carbocycles. The van der Waals surface area contributed by atoms with Gasteiger partial charge in [-0.1, -0.05) is 0 Å². The highest BCUT2D eigenvalue weighted by atomic mass is 35.5. The average molecular weight is 275 g/mol. The molecule has 0 spiro atoms. The van der Waals surface area contributed by atoms with Crippen LogP contribution in [0.3, 0.4) is 0 Å². The molecule has 0 aromatic heterocycles. The zero-order chi connectivity index (χ0) is 12.4. The third kappa shape index (κ3) is 2.70. The molecule has 5 nitrogen and oxygen atoms in total. The second-order valence-electron chi connectivity index (χ2n) is 4.19. The SMILES string of the molecule is COc1cc2c(cc1OC)CN(N)C(CO)C2.Cl. The maximum absolute atomic E-state index is 9.24. The standard InChI is InChI=1S/C12H18N2O3.ClH/c1-16-11-4-8-3-10(7-15)14(13)6-9(8)5-12(11)17-2;/h4-5,10,15H,3,6-7,13H2,1-2H3;1H. The number of aliphatic hydroxyl groups excluding tert-OH is 1. The summed E-state index contributed by atoms with van der Waals surface area (Å²) < 4.78 is 10.5. The molecule has 1 atom stereocenters. The summed E-state index contributed by atoms with van der Waals surface area (Å²) >= 11 is 0. The molecular weight excluding hydrogens is 256 g/mol. The summed E-state index contributed by atoms with van der Waals surface area (Å²) in [5.41, 5.74) is 2.28. The van der Waals surface area contributed by atoms with Gasteiger partial charge in [-0.2, -0.15) is 0 Å². The monoisotopic (exact) mass is 274 g/mol. The van der Waals surface area contributed by atoms with E-state index in [0.29, 0.717) is 18.0 Å². The Kier molecular flexibility index (Phi) is 5.22. The minimum absolute atomic E-state index is 0. The predicted octanol–water partition coefficient (Wildman–Crippen LogP) is 0.718. The topological polar surface area (TPSA) is 68.0 Å². The van der Waals surface area contributed by atoms with Gasteiger partial charge >= 0.3 is 0 Å². The fourth-order valence-electron chi connectivity index (χ4n) is 2.17. The normalized spacial score (nSPS) is 18.8. The van der Waals surface area contributed by atoms with E-state index in [2.05, 4.69) is 0 Å². The number of methoxy groups -OCH3 is 2. The summed E-state index contributed by atoms with van der Waals surface area (Å²) in [5.74, 6) is 7.29. The molecule has 1 aromatic rings. The van der Waals surface area contributed by atoms with E-state index in [1.165, 1.54) is 0 Å². The molecule has 0 saturated carbocycles. The molecule has 1 heterocycles. The van der Waals surface area contributed by atoms with Crippen molar-refractivity contribution >= 4 is 12.4 Å². The van der Waals surface area contributed by atoms with Gasteiger partial charge in [0.2, 0.25) is 0 Å². The minimum atomic E-state index is -0.0272. The van der Waals surface area contributed by atoms with Crippen molar-refractivity contribution in [3.8, 4) is 11.5 Å². The number of nitrogens with two attached hydrogens (primary N) is 1. The Labute approximate surface area is 113 Å².